The van der Waals surface area contributed by atoms with Crippen LogP contribution in [0.15, 0.2) is 49.1 Å². The molecule has 1 saturated heterocycles. The maximum Gasteiger partial charge on any atom is 0.481 e. The van der Waals surface area contributed by atoms with Crippen molar-refractivity contribution in [2.75, 3.05) is 37.8 Å². The van der Waals surface area contributed by atoms with Gasteiger partial charge in [-0.1, -0.05) is 69.0 Å². The first-order valence-electron chi connectivity index (χ1n) is 20.6. The molecule has 8 atom stereocenters. The van der Waals surface area contributed by atoms with Crippen LogP contribution in [0.5, 0.6) is 0 Å². The van der Waals surface area contributed by atoms with E-state index in [9.17, 15) is 63.0 Å². The first kappa shape index (κ1) is 57.1. The van der Waals surface area contributed by atoms with Crippen molar-refractivity contribution in [2.45, 2.75) is 109 Å². The highest BCUT2D eigenvalue weighted by Crippen LogP contribution is 2.61. The fraction of sp³-hybridized carbons (Fsp3) is 0.622. The van der Waals surface area contributed by atoms with Crippen LogP contribution in [0.2, 0.25) is 0 Å². The number of aliphatic hydroxyl groups is 3. The highest BCUT2D eigenvalue weighted by molar-refractivity contribution is 8.13. The van der Waals surface area contributed by atoms with Crippen molar-refractivity contribution in [3.05, 3.63) is 49.1 Å². The normalized spacial score (nSPS) is 21.1. The van der Waals surface area contributed by atoms with E-state index in [1.165, 1.54) is 13.8 Å². The van der Waals surface area contributed by atoms with Crippen molar-refractivity contribution < 1.29 is 85.6 Å². The Kier molecular flexibility index (Phi) is 23.4. The number of aliphatic hydroxyl groups excluding tert-OH is 3. The molecule has 2 aromatic heterocycles. The lowest BCUT2D eigenvalue weighted by Crippen LogP contribution is -2.46. The molecule has 3 heterocycles. The summed E-state index contributed by atoms with van der Waals surface area (Å²) in [7, 11) is -16.4. The molecular formula is C37H60N7O18P3S. The monoisotopic (exact) mass is 1020 g/mol. The first-order valence-corrected chi connectivity index (χ1v) is 26.1. The highest BCUT2D eigenvalue weighted by Gasteiger charge is 2.50. The Morgan fingerprint density at radius 3 is 2.32 bits per heavy atom. The molecular weight excluding hydrogens is 955 g/mol. The summed E-state index contributed by atoms with van der Waals surface area (Å²) in [6.07, 6.45) is 9.52. The number of hydrogen-bond donors (Lipinski definition) is 10. The number of imidazole rings is 1. The molecule has 0 saturated carbocycles. The summed E-state index contributed by atoms with van der Waals surface area (Å²) in [5.41, 5.74) is 4.24. The summed E-state index contributed by atoms with van der Waals surface area (Å²) in [5.74, 6) is -1.26. The van der Waals surface area contributed by atoms with Crippen LogP contribution in [0.25, 0.3) is 11.2 Å². The summed E-state index contributed by atoms with van der Waals surface area (Å²) in [6, 6.07) is 0. The number of fused-ring (bicyclic) bond motifs is 1. The topological polar surface area (TPSA) is 384 Å². The number of carbonyl (C=O) groups excluding carboxylic acids is 3. The Morgan fingerprint density at radius 2 is 1.64 bits per heavy atom. The van der Waals surface area contributed by atoms with E-state index in [0.717, 1.165) is 61.1 Å². The van der Waals surface area contributed by atoms with Gasteiger partial charge in [0.05, 0.1) is 25.6 Å². The molecule has 1 fully saturated rings. The van der Waals surface area contributed by atoms with Gasteiger partial charge in [-0.05, 0) is 38.5 Å². The number of nitrogens with one attached hydrogen (secondary N) is 2. The summed E-state index contributed by atoms with van der Waals surface area (Å²) in [5, 5.41) is 36.4. The van der Waals surface area contributed by atoms with Crippen molar-refractivity contribution in [3.63, 3.8) is 0 Å². The number of hydrogen-bond acceptors (Lipinski definition) is 19. The number of nitrogens with zero attached hydrogens (tertiary/aromatic N) is 4. The van der Waals surface area contributed by atoms with E-state index in [0.29, 0.717) is 6.42 Å². The lowest BCUT2D eigenvalue weighted by atomic mass is 9.87. The Balaban J connectivity index is 1.35. The fourth-order valence-corrected chi connectivity index (χ4v) is 9.52. The number of allylic oxidation sites excluding steroid dienone is 6. The first-order chi connectivity index (χ1) is 30.9. The van der Waals surface area contributed by atoms with Crippen molar-refractivity contribution >= 4 is 69.1 Å². The van der Waals surface area contributed by atoms with Crippen LogP contribution in [0.3, 0.4) is 0 Å². The average Bonchev–Trinajstić information content (AvgIpc) is 3.79. The zero-order valence-electron chi connectivity index (χ0n) is 36.5. The van der Waals surface area contributed by atoms with Gasteiger partial charge in [0, 0.05) is 37.1 Å². The van der Waals surface area contributed by atoms with Crippen molar-refractivity contribution in [1.82, 2.24) is 30.2 Å². The number of carbonyl (C=O) groups is 3. The zero-order valence-corrected chi connectivity index (χ0v) is 40.0. The minimum Gasteiger partial charge on any atom is -0.393 e. The van der Waals surface area contributed by atoms with Gasteiger partial charge in [0.1, 0.15) is 36.3 Å². The van der Waals surface area contributed by atoms with Gasteiger partial charge in [0.2, 0.25) is 11.8 Å². The maximum atomic E-state index is 12.7. The van der Waals surface area contributed by atoms with Gasteiger partial charge in [-0.2, -0.15) is 4.31 Å². The number of anilines is 1. The number of nitrogens with two attached hydrogens (primary N) is 1. The molecule has 0 radical (unpaired) electrons. The fourth-order valence-electron chi connectivity index (χ4n) is 5.95. The van der Waals surface area contributed by atoms with Crippen LogP contribution in [0.4, 0.5) is 5.82 Å². The molecule has 2 amide bonds. The van der Waals surface area contributed by atoms with E-state index in [-0.39, 0.29) is 53.8 Å². The molecule has 66 heavy (non-hydrogen) atoms. The number of phosphoric ester groups is 3. The van der Waals surface area contributed by atoms with Gasteiger partial charge in [-0.25, -0.2) is 28.6 Å². The zero-order chi connectivity index (χ0) is 49.1. The minimum absolute atomic E-state index is 0.0156. The van der Waals surface area contributed by atoms with E-state index in [1.807, 2.05) is 6.08 Å². The third-order valence-electron chi connectivity index (χ3n) is 9.36. The van der Waals surface area contributed by atoms with E-state index < -0.39 is 90.7 Å². The lowest BCUT2D eigenvalue weighted by Gasteiger charge is -2.30. The molecule has 0 spiro atoms. The number of aromatic nitrogens is 4. The third-order valence-corrected chi connectivity index (χ3v) is 13.4. The molecule has 3 rings (SSSR count). The van der Waals surface area contributed by atoms with Crippen LogP contribution in [0, 0.1) is 5.41 Å². The van der Waals surface area contributed by atoms with Crippen LogP contribution in [-0.2, 0) is 50.7 Å². The standard InChI is InChI=1S/C37H60N7O18P3S/c1-4-5-6-7-8-9-10-11-12-13-14-15-25(45)20-28(47)66-19-18-39-27(46)16-17-40-35(50)32(49)37(2,3)22-59-65(56,57)62-64(54,55)58-21-26-31(61-63(51,52)53)30(48)36(60-26)44-24-43-29-33(38)41-23-42-34(29)44/h5-6,8-9,11-12,23-26,30-32,36,45,48-49H,4,7,10,13-22H2,1-3H3,(H,39,46)(H,40,50)(H,54,55)(H,56,57)(H2,38,41,42)(H2,51,52,53)/b6-5-,9-8-,12-11-/t25-,26+,30+,31+,32-,36+/m0/s1. The van der Waals surface area contributed by atoms with Gasteiger partial charge in [0.25, 0.3) is 0 Å². The summed E-state index contributed by atoms with van der Waals surface area (Å²) >= 11 is 0.972. The number of unbranched alkanes of at least 4 members (excludes halogenated alkanes) is 1. The third kappa shape index (κ3) is 20.1. The molecule has 11 N–H and O–H groups in total. The van der Waals surface area contributed by atoms with Gasteiger partial charge in [-0.15, -0.1) is 0 Å². The Morgan fingerprint density at radius 1 is 0.970 bits per heavy atom. The molecule has 2 aromatic rings. The van der Waals surface area contributed by atoms with E-state index >= 15 is 0 Å². The molecule has 2 unspecified atom stereocenters. The van der Waals surface area contributed by atoms with Gasteiger partial charge in [-0.3, -0.25) is 32.5 Å². The molecule has 0 bridgehead atoms. The molecule has 1 aliphatic heterocycles. The Hall–Kier alpha value is -3.26. The van der Waals surface area contributed by atoms with E-state index in [4.69, 9.17) is 19.5 Å². The quantitative estimate of drug-likeness (QED) is 0.0305. The highest BCUT2D eigenvalue weighted by atomic mass is 32.2. The number of rotatable bonds is 30. The smallest absolute Gasteiger partial charge is 0.393 e. The molecule has 0 aliphatic carbocycles. The second kappa shape index (κ2) is 27.1. The Labute approximate surface area is 385 Å². The van der Waals surface area contributed by atoms with Gasteiger partial charge < -0.3 is 56.0 Å². The molecule has 25 nitrogen and oxygen atoms in total. The number of phosphoric acid groups is 3. The molecule has 1 aliphatic rings. The number of thioether (sulfide) groups is 1. The van der Waals surface area contributed by atoms with Crippen LogP contribution in [-0.4, -0.2) is 134 Å². The van der Waals surface area contributed by atoms with Crippen LogP contribution < -0.4 is 16.4 Å². The second-order valence-electron chi connectivity index (χ2n) is 15.4. The average molecular weight is 1020 g/mol. The van der Waals surface area contributed by atoms with Crippen molar-refractivity contribution in [3.8, 4) is 0 Å². The second-order valence-corrected chi connectivity index (χ2v) is 20.8. The predicted octanol–water partition coefficient (Wildman–Crippen LogP) is 2.44. The maximum absolute atomic E-state index is 12.7. The minimum atomic E-state index is -5.59. The van der Waals surface area contributed by atoms with E-state index in [1.54, 1.807) is 0 Å². The number of ether oxygens (including phenoxy) is 1. The van der Waals surface area contributed by atoms with Crippen LogP contribution in [0.1, 0.15) is 78.4 Å². The molecule has 29 heteroatoms. The number of nitrogen functional groups attached to an aromatic ring is 1. The summed E-state index contributed by atoms with van der Waals surface area (Å²) in [4.78, 5) is 88.3. The van der Waals surface area contributed by atoms with Gasteiger partial charge in [0.15, 0.2) is 22.8 Å². The van der Waals surface area contributed by atoms with E-state index in [2.05, 4.69) is 71.7 Å². The summed E-state index contributed by atoms with van der Waals surface area (Å²) < 4.78 is 62.3. The molecule has 0 aromatic carbocycles. The SMILES string of the molecule is CC/C=C\C/C=C\C/C=C\CCC[C@H](O)CC(=O)SCCNC(=O)CCNC(=O)[C@H](O)C(C)(C)COP(=O)(O)OP(=O)(O)OC[C@H]1O[C@@H](n2cnc3c(N)ncnc32)[C@H](O)[C@@H]1OP(=O)(O)O. The van der Waals surface area contributed by atoms with Crippen molar-refractivity contribution in [2.24, 2.45) is 5.41 Å². The molecule has 372 valence electrons. The Bertz CT molecular complexity index is 2140. The number of amides is 2. The summed E-state index contributed by atoms with van der Waals surface area (Å²) in [6.45, 7) is 2.44. The lowest BCUT2D eigenvalue weighted by molar-refractivity contribution is -0.137. The largest absolute Gasteiger partial charge is 0.481 e. The van der Waals surface area contributed by atoms with Gasteiger partial charge >= 0.3 is 23.5 Å². The van der Waals surface area contributed by atoms with Crippen LogP contribution >= 0.6 is 35.2 Å². The predicted molar refractivity (Wildman–Crippen MR) is 239 cm³/mol. The van der Waals surface area contributed by atoms with Crippen molar-refractivity contribution in [1.29, 1.82) is 0 Å².